The number of hydrogen-bond donors (Lipinski definition) is 1. The number of ether oxygens (including phenoxy) is 1. The zero-order valence-corrected chi connectivity index (χ0v) is 13.6. The Balaban J connectivity index is 3.10. The van der Waals surface area contributed by atoms with Gasteiger partial charge in [0.05, 0.1) is 6.61 Å². The van der Waals surface area contributed by atoms with Crippen LogP contribution in [0.3, 0.4) is 0 Å². The van der Waals surface area contributed by atoms with Crippen molar-refractivity contribution in [2.24, 2.45) is 11.1 Å². The lowest BCUT2D eigenvalue weighted by Gasteiger charge is -2.33. The molecule has 0 bridgehead atoms. The van der Waals surface area contributed by atoms with Crippen LogP contribution in [0.25, 0.3) is 0 Å². The zero-order chi connectivity index (χ0) is 15.9. The Bertz CT molecular complexity index is 461. The molecule has 1 aromatic heterocycles. The van der Waals surface area contributed by atoms with Crippen LogP contribution >= 0.6 is 0 Å². The molecule has 1 aromatic rings. The number of nitrogens with zero attached hydrogens (tertiary/aromatic N) is 2. The number of nitrogens with two attached hydrogens (primary N) is 1. The molecule has 0 saturated carbocycles. The SMILES string of the molecule is CCCN(CC(C)(C)CN)c1ncccc1C(=O)OCC. The molecule has 0 fully saturated rings. The third kappa shape index (κ3) is 5.01. The lowest BCUT2D eigenvalue weighted by molar-refractivity contribution is 0.0526. The molecule has 0 unspecified atom stereocenters. The fourth-order valence-electron chi connectivity index (χ4n) is 2.13. The van der Waals surface area contributed by atoms with E-state index in [1.54, 1.807) is 25.3 Å². The minimum absolute atomic E-state index is 0.0430. The highest BCUT2D eigenvalue weighted by Gasteiger charge is 2.24. The molecule has 0 atom stereocenters. The molecular formula is C16H27N3O2. The van der Waals surface area contributed by atoms with Crippen LogP contribution < -0.4 is 10.6 Å². The number of aromatic nitrogens is 1. The summed E-state index contributed by atoms with van der Waals surface area (Å²) in [6.45, 7) is 10.6. The fraction of sp³-hybridized carbons (Fsp3) is 0.625. The second kappa shape index (κ2) is 7.98. The van der Waals surface area contributed by atoms with Gasteiger partial charge in [-0.1, -0.05) is 20.8 Å². The van der Waals surface area contributed by atoms with Crippen LogP contribution in [-0.2, 0) is 4.74 Å². The Morgan fingerprint density at radius 3 is 2.71 bits per heavy atom. The minimum Gasteiger partial charge on any atom is -0.462 e. The fourth-order valence-corrected chi connectivity index (χ4v) is 2.13. The molecule has 5 heteroatoms. The van der Waals surface area contributed by atoms with Gasteiger partial charge in [0.2, 0.25) is 0 Å². The third-order valence-electron chi connectivity index (χ3n) is 3.25. The highest BCUT2D eigenvalue weighted by atomic mass is 16.5. The Kier molecular flexibility index (Phi) is 6.62. The van der Waals surface area contributed by atoms with E-state index in [9.17, 15) is 4.79 Å². The van der Waals surface area contributed by atoms with E-state index in [2.05, 4.69) is 30.7 Å². The Labute approximate surface area is 127 Å². The normalized spacial score (nSPS) is 11.3. The van der Waals surface area contributed by atoms with Crippen molar-refractivity contribution in [3.63, 3.8) is 0 Å². The summed E-state index contributed by atoms with van der Waals surface area (Å²) in [6, 6.07) is 3.52. The Hall–Kier alpha value is -1.62. The molecule has 0 aromatic carbocycles. The molecule has 0 aliphatic heterocycles. The number of carbonyl (C=O) groups excluding carboxylic acids is 1. The summed E-state index contributed by atoms with van der Waals surface area (Å²) < 4.78 is 5.12. The lowest BCUT2D eigenvalue weighted by atomic mass is 9.93. The van der Waals surface area contributed by atoms with Crippen LogP contribution in [0.2, 0.25) is 0 Å². The lowest BCUT2D eigenvalue weighted by Crippen LogP contribution is -2.40. The summed E-state index contributed by atoms with van der Waals surface area (Å²) in [6.07, 6.45) is 2.68. The summed E-state index contributed by atoms with van der Waals surface area (Å²) in [5.74, 6) is 0.353. The van der Waals surface area contributed by atoms with E-state index in [0.29, 0.717) is 24.5 Å². The van der Waals surface area contributed by atoms with E-state index >= 15 is 0 Å². The molecule has 0 radical (unpaired) electrons. The van der Waals surface area contributed by atoms with Gasteiger partial charge in [0.25, 0.3) is 0 Å². The van der Waals surface area contributed by atoms with Crippen molar-refractivity contribution in [2.75, 3.05) is 31.1 Å². The number of hydrogen-bond acceptors (Lipinski definition) is 5. The number of carbonyl (C=O) groups is 1. The molecule has 21 heavy (non-hydrogen) atoms. The monoisotopic (exact) mass is 293 g/mol. The van der Waals surface area contributed by atoms with Crippen LogP contribution in [0, 0.1) is 5.41 Å². The molecule has 0 amide bonds. The molecule has 0 spiro atoms. The topological polar surface area (TPSA) is 68.5 Å². The average Bonchev–Trinajstić information content (AvgIpc) is 2.47. The van der Waals surface area contributed by atoms with E-state index in [1.807, 2.05) is 0 Å². The smallest absolute Gasteiger partial charge is 0.341 e. The molecule has 0 aliphatic carbocycles. The Morgan fingerprint density at radius 1 is 1.43 bits per heavy atom. The van der Waals surface area contributed by atoms with Crippen LogP contribution in [0.15, 0.2) is 18.3 Å². The van der Waals surface area contributed by atoms with Gasteiger partial charge in [-0.25, -0.2) is 9.78 Å². The number of pyridine rings is 1. The van der Waals surface area contributed by atoms with E-state index in [1.165, 1.54) is 0 Å². The quantitative estimate of drug-likeness (QED) is 0.746. The summed E-state index contributed by atoms with van der Waals surface area (Å²) in [5, 5.41) is 0. The van der Waals surface area contributed by atoms with Crippen molar-refractivity contribution < 1.29 is 9.53 Å². The van der Waals surface area contributed by atoms with E-state index in [4.69, 9.17) is 10.5 Å². The van der Waals surface area contributed by atoms with Gasteiger partial charge in [-0.3, -0.25) is 0 Å². The molecule has 2 N–H and O–H groups in total. The summed E-state index contributed by atoms with van der Waals surface area (Å²) in [5.41, 5.74) is 6.31. The Morgan fingerprint density at radius 2 is 2.14 bits per heavy atom. The van der Waals surface area contributed by atoms with Gasteiger partial charge in [-0.2, -0.15) is 0 Å². The second-order valence-corrected chi connectivity index (χ2v) is 5.88. The van der Waals surface area contributed by atoms with Gasteiger partial charge in [0.1, 0.15) is 11.4 Å². The predicted octanol–water partition coefficient (Wildman–Crippen LogP) is 2.46. The first-order chi connectivity index (χ1) is 9.95. The highest BCUT2D eigenvalue weighted by molar-refractivity contribution is 5.94. The summed E-state index contributed by atoms with van der Waals surface area (Å²) in [4.78, 5) is 18.6. The van der Waals surface area contributed by atoms with Crippen LogP contribution in [0.4, 0.5) is 5.82 Å². The molecule has 0 aliphatic rings. The molecular weight excluding hydrogens is 266 g/mol. The van der Waals surface area contributed by atoms with E-state index in [-0.39, 0.29) is 11.4 Å². The van der Waals surface area contributed by atoms with Gasteiger partial charge in [-0.05, 0) is 37.4 Å². The molecule has 0 saturated heterocycles. The summed E-state index contributed by atoms with van der Waals surface area (Å²) >= 11 is 0. The third-order valence-corrected chi connectivity index (χ3v) is 3.25. The number of esters is 1. The first-order valence-electron chi connectivity index (χ1n) is 7.52. The van der Waals surface area contributed by atoms with Gasteiger partial charge in [-0.15, -0.1) is 0 Å². The second-order valence-electron chi connectivity index (χ2n) is 5.88. The first kappa shape index (κ1) is 17.4. The van der Waals surface area contributed by atoms with Gasteiger partial charge < -0.3 is 15.4 Å². The van der Waals surface area contributed by atoms with E-state index < -0.39 is 0 Å². The van der Waals surface area contributed by atoms with Gasteiger partial charge in [0, 0.05) is 19.3 Å². The maximum absolute atomic E-state index is 12.1. The van der Waals surface area contributed by atoms with E-state index in [0.717, 1.165) is 19.5 Å². The predicted molar refractivity (Wildman–Crippen MR) is 85.5 cm³/mol. The number of anilines is 1. The van der Waals surface area contributed by atoms with Crippen LogP contribution in [0.5, 0.6) is 0 Å². The maximum Gasteiger partial charge on any atom is 0.341 e. The van der Waals surface area contributed by atoms with Gasteiger partial charge in [0.15, 0.2) is 0 Å². The van der Waals surface area contributed by atoms with Crippen molar-refractivity contribution in [3.8, 4) is 0 Å². The van der Waals surface area contributed by atoms with Crippen molar-refractivity contribution in [2.45, 2.75) is 34.1 Å². The van der Waals surface area contributed by atoms with Crippen molar-refractivity contribution >= 4 is 11.8 Å². The van der Waals surface area contributed by atoms with Gasteiger partial charge >= 0.3 is 5.97 Å². The zero-order valence-electron chi connectivity index (χ0n) is 13.6. The van der Waals surface area contributed by atoms with Crippen molar-refractivity contribution in [3.05, 3.63) is 23.9 Å². The maximum atomic E-state index is 12.1. The number of rotatable bonds is 8. The minimum atomic E-state index is -0.327. The average molecular weight is 293 g/mol. The van der Waals surface area contributed by atoms with Crippen LogP contribution in [0.1, 0.15) is 44.5 Å². The van der Waals surface area contributed by atoms with Crippen LogP contribution in [-0.4, -0.2) is 37.2 Å². The molecule has 1 heterocycles. The molecule has 5 nitrogen and oxygen atoms in total. The first-order valence-corrected chi connectivity index (χ1v) is 7.52. The highest BCUT2D eigenvalue weighted by Crippen LogP contribution is 2.23. The molecule has 118 valence electrons. The van der Waals surface area contributed by atoms with Crippen molar-refractivity contribution in [1.82, 2.24) is 4.98 Å². The van der Waals surface area contributed by atoms with Crippen molar-refractivity contribution in [1.29, 1.82) is 0 Å². The standard InChI is InChI=1S/C16H27N3O2/c1-5-10-19(12-16(3,4)11-17)14-13(8-7-9-18-14)15(20)21-6-2/h7-9H,5-6,10-12,17H2,1-4H3. The summed E-state index contributed by atoms with van der Waals surface area (Å²) in [7, 11) is 0. The largest absolute Gasteiger partial charge is 0.462 e. The molecule has 1 rings (SSSR count).